The van der Waals surface area contributed by atoms with Crippen LogP contribution in [0.2, 0.25) is 0 Å². The summed E-state index contributed by atoms with van der Waals surface area (Å²) >= 11 is 0. The number of aromatic nitrogens is 2. The Labute approximate surface area is 133 Å². The molecule has 1 heterocycles. The van der Waals surface area contributed by atoms with Gasteiger partial charge in [-0.15, -0.1) is 0 Å². The van der Waals surface area contributed by atoms with Crippen molar-refractivity contribution in [3.05, 3.63) is 11.8 Å². The molecule has 0 spiro atoms. The lowest BCUT2D eigenvalue weighted by atomic mass is 10.0. The van der Waals surface area contributed by atoms with Crippen LogP contribution in [0.25, 0.3) is 0 Å². The van der Waals surface area contributed by atoms with Crippen molar-refractivity contribution in [3.63, 3.8) is 0 Å². The van der Waals surface area contributed by atoms with E-state index in [1.165, 1.54) is 12.8 Å². The number of hydrogen-bond acceptors (Lipinski definition) is 4. The predicted octanol–water partition coefficient (Wildman–Crippen LogP) is 3.29. The smallest absolute Gasteiger partial charge is 0.413 e. The van der Waals surface area contributed by atoms with Crippen molar-refractivity contribution in [1.82, 2.24) is 15.1 Å². The third-order valence-electron chi connectivity index (χ3n) is 3.54. The predicted molar refractivity (Wildman–Crippen MR) is 88.8 cm³/mol. The lowest BCUT2D eigenvalue weighted by Gasteiger charge is -2.20. The first-order chi connectivity index (χ1) is 10.3. The molecule has 0 aliphatic rings. The summed E-state index contributed by atoms with van der Waals surface area (Å²) in [6.07, 6.45) is 3.64. The van der Waals surface area contributed by atoms with Crippen molar-refractivity contribution in [2.24, 2.45) is 13.0 Å². The summed E-state index contributed by atoms with van der Waals surface area (Å²) in [6, 6.07) is 0. The fraction of sp³-hybridized carbons (Fsp3) is 0.750. The van der Waals surface area contributed by atoms with Gasteiger partial charge in [-0.1, -0.05) is 26.7 Å². The van der Waals surface area contributed by atoms with E-state index in [0.717, 1.165) is 12.1 Å². The number of ether oxygens (including phenoxy) is 1. The molecular formula is C16H30N4O2. The van der Waals surface area contributed by atoms with Crippen molar-refractivity contribution < 1.29 is 9.53 Å². The second-order valence-electron chi connectivity index (χ2n) is 6.58. The van der Waals surface area contributed by atoms with Crippen LogP contribution in [0, 0.1) is 5.92 Å². The van der Waals surface area contributed by atoms with Crippen LogP contribution in [-0.2, 0) is 18.3 Å². The van der Waals surface area contributed by atoms with E-state index in [9.17, 15) is 4.79 Å². The summed E-state index contributed by atoms with van der Waals surface area (Å²) in [5.74, 6) is 1.35. The zero-order valence-corrected chi connectivity index (χ0v) is 14.7. The average molecular weight is 310 g/mol. The Morgan fingerprint density at radius 1 is 1.36 bits per heavy atom. The van der Waals surface area contributed by atoms with Crippen molar-refractivity contribution in [1.29, 1.82) is 0 Å². The molecule has 0 fully saturated rings. The molecule has 0 aliphatic heterocycles. The number of nitrogens with one attached hydrogen (secondary N) is 2. The van der Waals surface area contributed by atoms with Gasteiger partial charge < -0.3 is 10.1 Å². The molecule has 1 rings (SSSR count). The van der Waals surface area contributed by atoms with Gasteiger partial charge in [-0.2, -0.15) is 5.10 Å². The molecule has 0 aromatic carbocycles. The van der Waals surface area contributed by atoms with E-state index in [1.54, 1.807) is 17.9 Å². The number of hydrogen-bond donors (Lipinski definition) is 2. The number of rotatable bonds is 7. The molecule has 22 heavy (non-hydrogen) atoms. The fourth-order valence-electron chi connectivity index (χ4n) is 2.16. The van der Waals surface area contributed by atoms with E-state index < -0.39 is 11.7 Å². The number of carbonyl (C=O) groups excluding carboxylic acids is 1. The molecule has 0 atom stereocenters. The number of anilines is 1. The van der Waals surface area contributed by atoms with Crippen LogP contribution in [0.1, 0.15) is 53.0 Å². The van der Waals surface area contributed by atoms with Crippen LogP contribution in [0.4, 0.5) is 10.6 Å². The summed E-state index contributed by atoms with van der Waals surface area (Å²) in [5.41, 5.74) is 0.440. The molecule has 6 nitrogen and oxygen atoms in total. The molecule has 2 N–H and O–H groups in total. The standard InChI is InChI=1S/C16H30N4O2/c1-7-12(8-2)9-17-10-13-11-18-20(6)14(13)19-15(21)22-16(3,4)5/h11-12,17H,7-10H2,1-6H3,(H,19,21). The Kier molecular flexibility index (Phi) is 6.87. The van der Waals surface area contributed by atoms with E-state index in [4.69, 9.17) is 4.74 Å². The van der Waals surface area contributed by atoms with E-state index in [2.05, 4.69) is 29.6 Å². The summed E-state index contributed by atoms with van der Waals surface area (Å²) in [7, 11) is 1.80. The van der Waals surface area contributed by atoms with Gasteiger partial charge in [0.25, 0.3) is 0 Å². The minimum Gasteiger partial charge on any atom is -0.444 e. The van der Waals surface area contributed by atoms with Gasteiger partial charge in [0.1, 0.15) is 11.4 Å². The lowest BCUT2D eigenvalue weighted by molar-refractivity contribution is 0.0634. The maximum Gasteiger partial charge on any atom is 0.413 e. The van der Waals surface area contributed by atoms with Gasteiger partial charge >= 0.3 is 6.09 Å². The monoisotopic (exact) mass is 310 g/mol. The second kappa shape index (κ2) is 8.17. The Bertz CT molecular complexity index is 473. The van der Waals surface area contributed by atoms with E-state index in [1.807, 2.05) is 20.8 Å². The highest BCUT2D eigenvalue weighted by Gasteiger charge is 2.19. The summed E-state index contributed by atoms with van der Waals surface area (Å²) in [5, 5.41) is 10.4. The molecule has 1 aromatic rings. The zero-order chi connectivity index (χ0) is 16.8. The fourth-order valence-corrected chi connectivity index (χ4v) is 2.16. The van der Waals surface area contributed by atoms with E-state index in [-0.39, 0.29) is 0 Å². The second-order valence-corrected chi connectivity index (χ2v) is 6.58. The molecule has 0 radical (unpaired) electrons. The van der Waals surface area contributed by atoms with Gasteiger partial charge in [0.05, 0.1) is 6.20 Å². The quantitative estimate of drug-likeness (QED) is 0.811. The first-order valence-electron chi connectivity index (χ1n) is 7.98. The Morgan fingerprint density at radius 2 is 2.00 bits per heavy atom. The molecule has 1 aromatic heterocycles. The Hall–Kier alpha value is -1.56. The van der Waals surface area contributed by atoms with E-state index in [0.29, 0.717) is 18.3 Å². The first-order valence-corrected chi connectivity index (χ1v) is 7.98. The van der Waals surface area contributed by atoms with Crippen LogP contribution in [0.15, 0.2) is 6.20 Å². The maximum absolute atomic E-state index is 11.9. The lowest BCUT2D eigenvalue weighted by Crippen LogP contribution is -2.28. The minimum absolute atomic E-state index is 0.461. The molecule has 0 saturated heterocycles. The largest absolute Gasteiger partial charge is 0.444 e. The molecule has 0 unspecified atom stereocenters. The van der Waals surface area contributed by atoms with E-state index >= 15 is 0 Å². The van der Waals surface area contributed by atoms with Gasteiger partial charge in [-0.05, 0) is 33.2 Å². The van der Waals surface area contributed by atoms with Gasteiger partial charge in [0.15, 0.2) is 0 Å². The number of nitrogens with zero attached hydrogens (tertiary/aromatic N) is 2. The van der Waals surface area contributed by atoms with Gasteiger partial charge in [-0.25, -0.2) is 4.79 Å². The van der Waals surface area contributed by atoms with Gasteiger partial charge in [0, 0.05) is 19.2 Å². The molecule has 0 saturated carbocycles. The first kappa shape index (κ1) is 18.5. The number of aryl methyl sites for hydroxylation is 1. The molecular weight excluding hydrogens is 280 g/mol. The van der Waals surface area contributed by atoms with Crippen molar-refractivity contribution >= 4 is 11.9 Å². The van der Waals surface area contributed by atoms with Gasteiger partial charge in [0.2, 0.25) is 0 Å². The van der Waals surface area contributed by atoms with Crippen LogP contribution < -0.4 is 10.6 Å². The van der Waals surface area contributed by atoms with Gasteiger partial charge in [-0.3, -0.25) is 10.00 Å². The highest BCUT2D eigenvalue weighted by molar-refractivity contribution is 5.84. The summed E-state index contributed by atoms with van der Waals surface area (Å²) in [4.78, 5) is 11.9. The topological polar surface area (TPSA) is 68.2 Å². The highest BCUT2D eigenvalue weighted by atomic mass is 16.6. The molecule has 1 amide bonds. The number of amides is 1. The molecule has 6 heteroatoms. The van der Waals surface area contributed by atoms with Crippen LogP contribution in [0.3, 0.4) is 0 Å². The molecule has 126 valence electrons. The zero-order valence-electron chi connectivity index (χ0n) is 14.7. The van der Waals surface area contributed by atoms with Crippen molar-refractivity contribution in [2.75, 3.05) is 11.9 Å². The number of carbonyl (C=O) groups is 1. The Balaban J connectivity index is 2.61. The minimum atomic E-state index is -0.517. The Morgan fingerprint density at radius 3 is 2.55 bits per heavy atom. The van der Waals surface area contributed by atoms with Crippen LogP contribution in [0.5, 0.6) is 0 Å². The molecule has 0 bridgehead atoms. The summed E-state index contributed by atoms with van der Waals surface area (Å²) < 4.78 is 6.94. The summed E-state index contributed by atoms with van der Waals surface area (Å²) in [6.45, 7) is 11.6. The third kappa shape index (κ3) is 6.05. The average Bonchev–Trinajstić information content (AvgIpc) is 2.74. The van der Waals surface area contributed by atoms with Crippen LogP contribution in [-0.4, -0.2) is 28.0 Å². The third-order valence-corrected chi connectivity index (χ3v) is 3.54. The van der Waals surface area contributed by atoms with Crippen molar-refractivity contribution in [3.8, 4) is 0 Å². The van der Waals surface area contributed by atoms with Crippen molar-refractivity contribution in [2.45, 2.75) is 59.6 Å². The molecule has 0 aliphatic carbocycles. The maximum atomic E-state index is 11.9. The van der Waals surface area contributed by atoms with Crippen LogP contribution >= 0.6 is 0 Å². The SMILES string of the molecule is CCC(CC)CNCc1cnn(C)c1NC(=O)OC(C)(C)C. The normalized spacial score (nSPS) is 11.8. The highest BCUT2D eigenvalue weighted by Crippen LogP contribution is 2.16.